The predicted molar refractivity (Wildman–Crippen MR) is 93.3 cm³/mol. The maximum absolute atomic E-state index is 12.5. The highest BCUT2D eigenvalue weighted by Gasteiger charge is 2.22. The maximum atomic E-state index is 12.5. The topological polar surface area (TPSA) is 121 Å². The summed E-state index contributed by atoms with van der Waals surface area (Å²) >= 11 is 0. The Labute approximate surface area is 148 Å². The van der Waals surface area contributed by atoms with E-state index in [1.807, 2.05) is 30.3 Å². The van der Waals surface area contributed by atoms with Crippen molar-refractivity contribution in [1.82, 2.24) is 24.1 Å². The minimum absolute atomic E-state index is 0.0307. The fourth-order valence-corrected chi connectivity index (χ4v) is 3.49. The molecule has 0 saturated heterocycles. The van der Waals surface area contributed by atoms with Gasteiger partial charge in [0.1, 0.15) is 0 Å². The number of aromatic nitrogens is 5. The van der Waals surface area contributed by atoms with Crippen molar-refractivity contribution >= 4 is 15.8 Å². The van der Waals surface area contributed by atoms with Gasteiger partial charge in [0.05, 0.1) is 12.7 Å². The third kappa shape index (κ3) is 3.42. The summed E-state index contributed by atoms with van der Waals surface area (Å²) in [6.45, 7) is 0.414. The fourth-order valence-electron chi connectivity index (χ4n) is 2.34. The van der Waals surface area contributed by atoms with Gasteiger partial charge in [0.2, 0.25) is 0 Å². The highest BCUT2D eigenvalue weighted by Crippen LogP contribution is 2.10. The van der Waals surface area contributed by atoms with Gasteiger partial charge in [0, 0.05) is 20.3 Å². The molecule has 0 aliphatic carbocycles. The Morgan fingerprint density at radius 1 is 1.08 bits per heavy atom. The van der Waals surface area contributed by atoms with Crippen LogP contribution < -0.4 is 16.0 Å². The van der Waals surface area contributed by atoms with Gasteiger partial charge in [0.25, 0.3) is 15.6 Å². The first-order valence-corrected chi connectivity index (χ1v) is 9.00. The SMILES string of the molecule is Cn1cc(S(=O)(=O)Nc2cn(Cc3ccccc3)nn2)c(=O)n(C)c1=O. The lowest BCUT2D eigenvalue weighted by atomic mass is 10.2. The van der Waals surface area contributed by atoms with Gasteiger partial charge in [-0.2, -0.15) is 0 Å². The van der Waals surface area contributed by atoms with E-state index in [0.29, 0.717) is 6.54 Å². The van der Waals surface area contributed by atoms with Crippen LogP contribution in [0, 0.1) is 0 Å². The van der Waals surface area contributed by atoms with Crippen molar-refractivity contribution in [3.63, 3.8) is 0 Å². The van der Waals surface area contributed by atoms with Crippen LogP contribution in [0.15, 0.2) is 57.2 Å². The highest BCUT2D eigenvalue weighted by atomic mass is 32.2. The average Bonchev–Trinajstić information content (AvgIpc) is 3.03. The maximum Gasteiger partial charge on any atom is 0.330 e. The molecule has 0 bridgehead atoms. The molecule has 0 saturated carbocycles. The number of hydrogen-bond acceptors (Lipinski definition) is 6. The van der Waals surface area contributed by atoms with E-state index in [9.17, 15) is 18.0 Å². The summed E-state index contributed by atoms with van der Waals surface area (Å²) < 4.78 is 30.4. The predicted octanol–water partition coefficient (Wildman–Crippen LogP) is -0.475. The first-order chi connectivity index (χ1) is 12.3. The van der Waals surface area contributed by atoms with Gasteiger partial charge in [-0.3, -0.25) is 14.1 Å². The van der Waals surface area contributed by atoms with Crippen molar-refractivity contribution in [1.29, 1.82) is 0 Å². The third-order valence-electron chi connectivity index (χ3n) is 3.67. The summed E-state index contributed by atoms with van der Waals surface area (Å²) in [4.78, 5) is 23.2. The van der Waals surface area contributed by atoms with Crippen LogP contribution in [0.4, 0.5) is 5.82 Å². The van der Waals surface area contributed by atoms with Gasteiger partial charge in [0.15, 0.2) is 10.7 Å². The Hall–Kier alpha value is -3.21. The molecule has 3 rings (SSSR count). The zero-order chi connectivity index (χ0) is 18.9. The zero-order valence-corrected chi connectivity index (χ0v) is 14.8. The van der Waals surface area contributed by atoms with Crippen LogP contribution in [0.2, 0.25) is 0 Å². The van der Waals surface area contributed by atoms with Crippen molar-refractivity contribution < 1.29 is 8.42 Å². The summed E-state index contributed by atoms with van der Waals surface area (Å²) in [5.74, 6) is -0.0307. The number of nitrogens with one attached hydrogen (secondary N) is 1. The molecule has 0 amide bonds. The molecule has 2 aromatic heterocycles. The summed E-state index contributed by atoms with van der Waals surface area (Å²) in [6.07, 6.45) is 2.39. The minimum atomic E-state index is -4.22. The minimum Gasteiger partial charge on any atom is -0.302 e. The lowest BCUT2D eigenvalue weighted by molar-refractivity contribution is 0.589. The quantitative estimate of drug-likeness (QED) is 0.642. The average molecular weight is 376 g/mol. The van der Waals surface area contributed by atoms with Gasteiger partial charge < -0.3 is 4.57 Å². The molecule has 26 heavy (non-hydrogen) atoms. The van der Waals surface area contributed by atoms with Gasteiger partial charge in [-0.05, 0) is 5.56 Å². The second-order valence-electron chi connectivity index (χ2n) is 5.64. The highest BCUT2D eigenvalue weighted by molar-refractivity contribution is 7.92. The van der Waals surface area contributed by atoms with Gasteiger partial charge in [-0.1, -0.05) is 35.5 Å². The number of aryl methyl sites for hydroxylation is 1. The van der Waals surface area contributed by atoms with Crippen LogP contribution in [-0.4, -0.2) is 32.5 Å². The smallest absolute Gasteiger partial charge is 0.302 e. The van der Waals surface area contributed by atoms with E-state index in [2.05, 4.69) is 15.0 Å². The number of sulfonamides is 1. The molecule has 1 aromatic carbocycles. The first kappa shape index (κ1) is 17.6. The van der Waals surface area contributed by atoms with Crippen molar-refractivity contribution in [2.24, 2.45) is 14.1 Å². The number of benzene rings is 1. The lowest BCUT2D eigenvalue weighted by Gasteiger charge is -2.08. The van der Waals surface area contributed by atoms with E-state index in [4.69, 9.17) is 0 Å². The van der Waals surface area contributed by atoms with E-state index in [-0.39, 0.29) is 5.82 Å². The van der Waals surface area contributed by atoms with Crippen LogP contribution in [0.25, 0.3) is 0 Å². The van der Waals surface area contributed by atoms with Crippen LogP contribution >= 0.6 is 0 Å². The molecule has 0 fully saturated rings. The van der Waals surface area contributed by atoms with E-state index in [1.165, 1.54) is 25.0 Å². The summed E-state index contributed by atoms with van der Waals surface area (Å²) in [7, 11) is -1.66. The van der Waals surface area contributed by atoms with Crippen LogP contribution in [0.1, 0.15) is 5.56 Å². The third-order valence-corrected chi connectivity index (χ3v) is 5.01. The zero-order valence-electron chi connectivity index (χ0n) is 14.0. The Bertz CT molecular complexity index is 1160. The Morgan fingerprint density at radius 3 is 2.46 bits per heavy atom. The molecule has 0 aliphatic heterocycles. The standard InChI is InChI=1S/C15H16N6O4S/c1-19-9-12(14(22)20(2)15(19)23)26(24,25)17-13-10-21(18-16-13)8-11-6-4-3-5-7-11/h3-7,9-10,17H,8H2,1-2H3. The Kier molecular flexibility index (Phi) is 4.47. The van der Waals surface area contributed by atoms with Gasteiger partial charge >= 0.3 is 5.69 Å². The monoisotopic (exact) mass is 376 g/mol. The number of rotatable bonds is 5. The molecule has 1 N–H and O–H groups in total. The molecule has 0 atom stereocenters. The summed E-state index contributed by atoms with van der Waals surface area (Å²) in [5, 5.41) is 7.62. The van der Waals surface area contributed by atoms with Crippen molar-refractivity contribution in [3.05, 3.63) is 69.1 Å². The van der Waals surface area contributed by atoms with Gasteiger partial charge in [-0.25, -0.2) is 17.9 Å². The molecule has 2 heterocycles. The molecule has 11 heteroatoms. The molecular weight excluding hydrogens is 360 g/mol. The van der Waals surface area contributed by atoms with Crippen molar-refractivity contribution in [3.8, 4) is 0 Å². The fraction of sp³-hybridized carbons (Fsp3) is 0.200. The molecule has 0 spiro atoms. The van der Waals surface area contributed by atoms with Crippen LogP contribution in [0.3, 0.4) is 0 Å². The molecule has 3 aromatic rings. The van der Waals surface area contributed by atoms with E-state index in [0.717, 1.165) is 20.9 Å². The van der Waals surface area contributed by atoms with Crippen LogP contribution in [-0.2, 0) is 30.7 Å². The normalized spacial score (nSPS) is 11.5. The summed E-state index contributed by atoms with van der Waals surface area (Å²) in [5.41, 5.74) is -0.571. The molecule has 10 nitrogen and oxygen atoms in total. The number of hydrogen-bond donors (Lipinski definition) is 1. The van der Waals surface area contributed by atoms with E-state index >= 15 is 0 Å². The van der Waals surface area contributed by atoms with Gasteiger partial charge in [-0.15, -0.1) is 5.10 Å². The van der Waals surface area contributed by atoms with Crippen LogP contribution in [0.5, 0.6) is 0 Å². The van der Waals surface area contributed by atoms with E-state index in [1.54, 1.807) is 0 Å². The molecule has 0 radical (unpaired) electrons. The molecule has 0 aliphatic rings. The largest absolute Gasteiger partial charge is 0.330 e. The van der Waals surface area contributed by atoms with Crippen molar-refractivity contribution in [2.45, 2.75) is 11.4 Å². The molecule has 0 unspecified atom stereocenters. The summed E-state index contributed by atoms with van der Waals surface area (Å²) in [6, 6.07) is 9.45. The Balaban J connectivity index is 1.87. The molecular formula is C15H16N6O4S. The lowest BCUT2D eigenvalue weighted by Crippen LogP contribution is -2.40. The first-order valence-electron chi connectivity index (χ1n) is 7.51. The second-order valence-corrected chi connectivity index (χ2v) is 7.29. The van der Waals surface area contributed by atoms with E-state index < -0.39 is 26.2 Å². The van der Waals surface area contributed by atoms with Crippen molar-refractivity contribution in [2.75, 3.05) is 4.72 Å². The number of nitrogens with zero attached hydrogens (tertiary/aromatic N) is 5. The molecule has 136 valence electrons. The Morgan fingerprint density at radius 2 is 1.77 bits per heavy atom. The number of anilines is 1. The second kappa shape index (κ2) is 6.59.